The maximum atomic E-state index is 15.0. The van der Waals surface area contributed by atoms with Gasteiger partial charge in [0, 0.05) is 24.0 Å². The van der Waals surface area contributed by atoms with Crippen molar-refractivity contribution in [1.82, 2.24) is 15.1 Å². The van der Waals surface area contributed by atoms with Crippen LogP contribution < -0.4 is 5.32 Å². The second kappa shape index (κ2) is 15.0. The number of likely N-dealkylation sites (tertiary alicyclic amines) is 1. The summed E-state index contributed by atoms with van der Waals surface area (Å²) in [6.07, 6.45) is 7.16. The molecule has 0 saturated carbocycles. The summed E-state index contributed by atoms with van der Waals surface area (Å²) in [7, 11) is 0. The van der Waals surface area contributed by atoms with E-state index >= 15 is 0 Å². The maximum absolute atomic E-state index is 15.0. The van der Waals surface area contributed by atoms with E-state index in [1.807, 2.05) is 72.8 Å². The van der Waals surface area contributed by atoms with Gasteiger partial charge in [-0.1, -0.05) is 109 Å². The summed E-state index contributed by atoms with van der Waals surface area (Å²) in [6.45, 7) is 4.16. The number of unbranched alkanes of at least 4 members (excludes halogenated alkanes) is 2. The van der Waals surface area contributed by atoms with Crippen LogP contribution in [0, 0.1) is 11.8 Å². The predicted octanol–water partition coefficient (Wildman–Crippen LogP) is 4.75. The summed E-state index contributed by atoms with van der Waals surface area (Å²) >= 11 is 3.62. The Kier molecular flexibility index (Phi) is 10.7. The number of carbonyl (C=O) groups is 4. The number of benzene rings is 2. The molecule has 0 aliphatic carbocycles. The molecular formula is C38H44BrN3O7. The molecule has 0 aromatic heterocycles. The van der Waals surface area contributed by atoms with E-state index in [4.69, 9.17) is 9.47 Å². The Balaban J connectivity index is 1.48. The van der Waals surface area contributed by atoms with Crippen molar-refractivity contribution < 1.29 is 33.8 Å². The number of halogens is 1. The van der Waals surface area contributed by atoms with Gasteiger partial charge in [0.2, 0.25) is 17.7 Å². The third-order valence-electron chi connectivity index (χ3n) is 10.2. The molecule has 2 aromatic carbocycles. The van der Waals surface area contributed by atoms with Crippen molar-refractivity contribution in [3.63, 3.8) is 0 Å². The molecule has 260 valence electrons. The van der Waals surface area contributed by atoms with Gasteiger partial charge in [-0.2, -0.15) is 0 Å². The topological polar surface area (TPSA) is 125 Å². The average Bonchev–Trinajstić information content (AvgIpc) is 3.70. The fraction of sp³-hybridized carbons (Fsp3) is 0.474. The number of rotatable bonds is 8. The molecule has 10 nitrogen and oxygen atoms in total. The van der Waals surface area contributed by atoms with Gasteiger partial charge >= 0.3 is 5.97 Å². The van der Waals surface area contributed by atoms with E-state index in [2.05, 4.69) is 28.2 Å². The fourth-order valence-corrected chi connectivity index (χ4v) is 8.56. The Morgan fingerprint density at radius 1 is 0.980 bits per heavy atom. The lowest BCUT2D eigenvalue weighted by molar-refractivity contribution is -0.162. The number of amides is 3. The SMILES string of the molecule is CCCCCN1C/C=C\CCC(=O)N[C@H](C)[C@@H](c2ccccc2)OC(=O)[C@@H]2[C@H]3O[C@@]4(C=C3Br)[C@H](C1=O)N([C@H](CO)c1ccccc1)C(=O)[C@@H]24. The standard InChI is InChI=1S/C38H44BrN3O7/c1-3-4-13-20-41-21-14-7-12-19-29(44)40-24(2)32(26-17-10-6-11-18-26)48-37(47)30-31-35(45)42(28(23-43)25-15-8-5-9-16-25)34(36(41)46)38(31)22-27(39)33(30)49-38/h5-11,14-18,22,24,28,30-34,43H,3-4,12-13,19-21,23H2,1-2H3,(H,40,44)/b14-7-/t24-,28-,30+,31-,32+,33+,34+,38-/m1/s1. The van der Waals surface area contributed by atoms with Gasteiger partial charge in [0.15, 0.2) is 0 Å². The molecule has 4 aliphatic heterocycles. The molecule has 2 aromatic rings. The highest BCUT2D eigenvalue weighted by molar-refractivity contribution is 9.11. The molecule has 6 rings (SSSR count). The molecule has 3 amide bonds. The first-order chi connectivity index (χ1) is 23.7. The molecule has 2 fully saturated rings. The van der Waals surface area contributed by atoms with E-state index < -0.39 is 66.3 Å². The van der Waals surface area contributed by atoms with Crippen molar-refractivity contribution in [2.45, 2.75) is 81.9 Å². The summed E-state index contributed by atoms with van der Waals surface area (Å²) in [5.74, 6) is -3.80. The van der Waals surface area contributed by atoms with Crippen LogP contribution in [0.15, 0.2) is 83.4 Å². The van der Waals surface area contributed by atoms with Crippen LogP contribution in [-0.4, -0.2) is 82.1 Å². The van der Waals surface area contributed by atoms with E-state index in [-0.39, 0.29) is 24.8 Å². The summed E-state index contributed by atoms with van der Waals surface area (Å²) in [5.41, 5.74) is -0.126. The number of nitrogens with zero attached hydrogens (tertiary/aromatic N) is 2. The minimum atomic E-state index is -1.48. The molecule has 49 heavy (non-hydrogen) atoms. The lowest BCUT2D eigenvalue weighted by Crippen LogP contribution is -2.57. The number of ether oxygens (including phenoxy) is 2. The first-order valence-corrected chi connectivity index (χ1v) is 18.0. The zero-order chi connectivity index (χ0) is 34.7. The number of allylic oxidation sites excluding steroid dienone is 1. The van der Waals surface area contributed by atoms with Crippen LogP contribution >= 0.6 is 15.9 Å². The van der Waals surface area contributed by atoms with Crippen LogP contribution in [0.3, 0.4) is 0 Å². The monoisotopic (exact) mass is 733 g/mol. The lowest BCUT2D eigenvalue weighted by Gasteiger charge is -2.39. The first kappa shape index (κ1) is 35.0. The van der Waals surface area contributed by atoms with Crippen molar-refractivity contribution in [3.05, 3.63) is 94.5 Å². The number of esters is 1. The Hall–Kier alpha value is -3.80. The minimum absolute atomic E-state index is 0.192. The highest BCUT2D eigenvalue weighted by Crippen LogP contribution is 2.60. The molecule has 4 heterocycles. The smallest absolute Gasteiger partial charge is 0.313 e. The maximum Gasteiger partial charge on any atom is 0.313 e. The summed E-state index contributed by atoms with van der Waals surface area (Å²) in [4.78, 5) is 60.4. The van der Waals surface area contributed by atoms with E-state index in [9.17, 15) is 24.3 Å². The summed E-state index contributed by atoms with van der Waals surface area (Å²) in [5, 5.41) is 13.8. The number of cyclic esters (lactones) is 1. The molecule has 8 atom stereocenters. The molecule has 4 aliphatic rings. The van der Waals surface area contributed by atoms with Gasteiger partial charge in [0.1, 0.15) is 29.8 Å². The predicted molar refractivity (Wildman–Crippen MR) is 186 cm³/mol. The second-order valence-corrected chi connectivity index (χ2v) is 14.2. The molecule has 1 spiro atoms. The number of nitrogens with one attached hydrogen (secondary N) is 1. The van der Waals surface area contributed by atoms with Crippen molar-refractivity contribution in [1.29, 1.82) is 0 Å². The Labute approximate surface area is 295 Å². The van der Waals surface area contributed by atoms with Crippen molar-refractivity contribution in [2.75, 3.05) is 19.7 Å². The first-order valence-electron chi connectivity index (χ1n) is 17.2. The van der Waals surface area contributed by atoms with Crippen LogP contribution in [0.4, 0.5) is 0 Å². The van der Waals surface area contributed by atoms with Crippen molar-refractivity contribution >= 4 is 39.6 Å². The number of aliphatic hydroxyl groups is 1. The quantitative estimate of drug-likeness (QED) is 0.228. The molecular weight excluding hydrogens is 690 g/mol. The van der Waals surface area contributed by atoms with Gasteiger partial charge in [-0.3, -0.25) is 19.2 Å². The van der Waals surface area contributed by atoms with Crippen LogP contribution in [0.2, 0.25) is 0 Å². The van der Waals surface area contributed by atoms with E-state index in [1.165, 1.54) is 4.90 Å². The lowest BCUT2D eigenvalue weighted by atomic mass is 9.74. The second-order valence-electron chi connectivity index (χ2n) is 13.3. The summed E-state index contributed by atoms with van der Waals surface area (Å²) in [6, 6.07) is 15.7. The molecule has 0 radical (unpaired) electrons. The largest absolute Gasteiger partial charge is 0.455 e. The van der Waals surface area contributed by atoms with Crippen molar-refractivity contribution in [2.24, 2.45) is 11.8 Å². The molecule has 2 N–H and O–H groups in total. The fourth-order valence-electron chi connectivity index (χ4n) is 7.83. The zero-order valence-corrected chi connectivity index (χ0v) is 29.5. The van der Waals surface area contributed by atoms with Crippen LogP contribution in [-0.2, 0) is 28.7 Å². The molecule has 2 saturated heterocycles. The number of hydrogen-bond acceptors (Lipinski definition) is 7. The van der Waals surface area contributed by atoms with Gasteiger partial charge < -0.3 is 29.7 Å². The van der Waals surface area contributed by atoms with E-state index in [1.54, 1.807) is 17.9 Å². The Bertz CT molecular complexity index is 1600. The highest BCUT2D eigenvalue weighted by Gasteiger charge is 2.75. The Morgan fingerprint density at radius 3 is 2.39 bits per heavy atom. The van der Waals surface area contributed by atoms with Crippen molar-refractivity contribution in [3.8, 4) is 0 Å². The van der Waals surface area contributed by atoms with Gasteiger partial charge in [0.25, 0.3) is 0 Å². The van der Waals surface area contributed by atoms with E-state index in [0.29, 0.717) is 28.6 Å². The third kappa shape index (κ3) is 6.60. The van der Waals surface area contributed by atoms with Gasteiger partial charge in [-0.05, 0) is 37.0 Å². The number of carbonyl (C=O) groups excluding carboxylic acids is 4. The molecule has 5 bridgehead atoms. The molecule has 0 unspecified atom stereocenters. The minimum Gasteiger partial charge on any atom is -0.455 e. The van der Waals surface area contributed by atoms with Crippen LogP contribution in [0.1, 0.15) is 69.2 Å². The Morgan fingerprint density at radius 2 is 1.69 bits per heavy atom. The average molecular weight is 735 g/mol. The van der Waals surface area contributed by atoms with Gasteiger partial charge in [0.05, 0.1) is 24.6 Å². The number of aliphatic hydroxyl groups excluding tert-OH is 1. The third-order valence-corrected chi connectivity index (χ3v) is 10.8. The summed E-state index contributed by atoms with van der Waals surface area (Å²) < 4.78 is 13.5. The highest BCUT2D eigenvalue weighted by atomic mass is 79.9. The zero-order valence-electron chi connectivity index (χ0n) is 27.9. The molecule has 11 heteroatoms. The van der Waals surface area contributed by atoms with Gasteiger partial charge in [-0.25, -0.2) is 0 Å². The number of fused-ring (bicyclic) bond motifs is 2. The number of hydrogen-bond donors (Lipinski definition) is 2. The normalized spacial score (nSPS) is 31.6. The van der Waals surface area contributed by atoms with E-state index in [0.717, 1.165) is 19.3 Å². The van der Waals surface area contributed by atoms with Gasteiger partial charge in [-0.15, -0.1) is 0 Å². The van der Waals surface area contributed by atoms with Crippen LogP contribution in [0.25, 0.3) is 0 Å². The van der Waals surface area contributed by atoms with Crippen LogP contribution in [0.5, 0.6) is 0 Å².